The van der Waals surface area contributed by atoms with Crippen molar-refractivity contribution in [2.45, 2.75) is 0 Å². The summed E-state index contributed by atoms with van der Waals surface area (Å²) in [5.41, 5.74) is 1.00. The number of rotatable bonds is 8. The highest BCUT2D eigenvalue weighted by molar-refractivity contribution is 6.36. The summed E-state index contributed by atoms with van der Waals surface area (Å²) in [6.45, 7) is 0.273. The zero-order valence-corrected chi connectivity index (χ0v) is 15.9. The van der Waals surface area contributed by atoms with Crippen LogP contribution in [0.3, 0.4) is 0 Å². The van der Waals surface area contributed by atoms with Gasteiger partial charge in [0.15, 0.2) is 0 Å². The van der Waals surface area contributed by atoms with Crippen LogP contribution < -0.4 is 10.1 Å². The lowest BCUT2D eigenvalue weighted by Crippen LogP contribution is -2.35. The number of para-hydroxylation sites is 2. The van der Waals surface area contributed by atoms with Gasteiger partial charge in [-0.25, -0.2) is 0 Å². The van der Waals surface area contributed by atoms with Gasteiger partial charge in [0.05, 0.1) is 36.4 Å². The van der Waals surface area contributed by atoms with Crippen LogP contribution in [0.15, 0.2) is 54.2 Å². The summed E-state index contributed by atoms with van der Waals surface area (Å²) >= 11 is 0. The highest BCUT2D eigenvalue weighted by atomic mass is 16.6. The molecule has 2 aromatic rings. The van der Waals surface area contributed by atoms with E-state index >= 15 is 0 Å². The Morgan fingerprint density at radius 1 is 1.03 bits per heavy atom. The lowest BCUT2D eigenvalue weighted by Gasteiger charge is -2.15. The molecule has 0 saturated carbocycles. The minimum absolute atomic E-state index is 0.0736. The minimum Gasteiger partial charge on any atom is -0.495 e. The van der Waals surface area contributed by atoms with E-state index in [0.717, 1.165) is 4.90 Å². The average molecular weight is 397 g/mol. The van der Waals surface area contributed by atoms with Gasteiger partial charge in [0.1, 0.15) is 11.4 Å². The Morgan fingerprint density at radius 3 is 2.34 bits per heavy atom. The molecule has 0 radical (unpaired) electrons. The van der Waals surface area contributed by atoms with Crippen molar-refractivity contribution in [3.63, 3.8) is 0 Å². The number of non-ortho nitro benzene ring substituents is 1. The van der Waals surface area contributed by atoms with Crippen LogP contribution >= 0.6 is 0 Å². The molecule has 0 aromatic heterocycles. The van der Waals surface area contributed by atoms with E-state index in [1.54, 1.807) is 24.3 Å². The Kier molecular flexibility index (Phi) is 5.89. The maximum Gasteiger partial charge on any atom is 0.278 e. The number of anilines is 1. The number of carbonyl (C=O) groups excluding carboxylic acids is 2. The highest BCUT2D eigenvalue weighted by Gasteiger charge is 2.39. The maximum atomic E-state index is 13.0. The van der Waals surface area contributed by atoms with Crippen LogP contribution in [0, 0.1) is 10.1 Å². The van der Waals surface area contributed by atoms with Gasteiger partial charge in [0.25, 0.3) is 17.5 Å². The highest BCUT2D eigenvalue weighted by Crippen LogP contribution is 2.33. The number of imide groups is 1. The van der Waals surface area contributed by atoms with Gasteiger partial charge in [-0.2, -0.15) is 0 Å². The molecule has 0 fully saturated rings. The van der Waals surface area contributed by atoms with Gasteiger partial charge in [0.2, 0.25) is 0 Å². The van der Waals surface area contributed by atoms with E-state index in [9.17, 15) is 19.7 Å². The van der Waals surface area contributed by atoms with Crippen molar-refractivity contribution in [1.29, 1.82) is 0 Å². The largest absolute Gasteiger partial charge is 0.495 e. The number of hydrogen-bond acceptors (Lipinski definition) is 7. The first-order valence-electron chi connectivity index (χ1n) is 8.72. The molecule has 2 amide bonds. The zero-order chi connectivity index (χ0) is 21.0. The second-order valence-corrected chi connectivity index (χ2v) is 6.13. The molecule has 9 heteroatoms. The molecule has 0 atom stereocenters. The van der Waals surface area contributed by atoms with Gasteiger partial charge in [-0.3, -0.25) is 24.6 Å². The monoisotopic (exact) mass is 397 g/mol. The summed E-state index contributed by atoms with van der Waals surface area (Å²) in [5, 5.41) is 13.9. The van der Waals surface area contributed by atoms with E-state index in [2.05, 4.69) is 5.32 Å². The number of ether oxygens (including phenoxy) is 2. The van der Waals surface area contributed by atoms with Crippen molar-refractivity contribution in [2.24, 2.45) is 0 Å². The summed E-state index contributed by atoms with van der Waals surface area (Å²) in [6, 6.07) is 12.5. The fourth-order valence-electron chi connectivity index (χ4n) is 2.98. The lowest BCUT2D eigenvalue weighted by molar-refractivity contribution is -0.384. The summed E-state index contributed by atoms with van der Waals surface area (Å²) in [7, 11) is 2.97. The molecule has 0 unspecified atom stereocenters. The number of hydrogen-bond donors (Lipinski definition) is 1. The first kappa shape index (κ1) is 20.0. The molecule has 0 aliphatic carbocycles. The van der Waals surface area contributed by atoms with Gasteiger partial charge in [-0.15, -0.1) is 0 Å². The number of nitro groups is 1. The van der Waals surface area contributed by atoms with Crippen molar-refractivity contribution in [2.75, 3.05) is 32.7 Å². The van der Waals surface area contributed by atoms with E-state index < -0.39 is 16.7 Å². The van der Waals surface area contributed by atoms with E-state index in [0.29, 0.717) is 17.0 Å². The van der Waals surface area contributed by atoms with Crippen LogP contribution in [0.2, 0.25) is 0 Å². The Labute approximate surface area is 166 Å². The SMILES string of the molecule is COCCN1C(=O)C(Nc2ccccc2OC)=C(c2ccc([N+](=O)[O-])cc2)C1=O. The molecule has 2 aromatic carbocycles. The molecule has 1 N–H and O–H groups in total. The van der Waals surface area contributed by atoms with Gasteiger partial charge < -0.3 is 14.8 Å². The molecule has 1 aliphatic heterocycles. The number of amides is 2. The fourth-order valence-corrected chi connectivity index (χ4v) is 2.98. The third kappa shape index (κ3) is 3.94. The predicted molar refractivity (Wildman–Crippen MR) is 105 cm³/mol. The molecule has 0 saturated heterocycles. The van der Waals surface area contributed by atoms with E-state index in [1.807, 2.05) is 0 Å². The number of benzene rings is 2. The van der Waals surface area contributed by atoms with Crippen LogP contribution in [0.5, 0.6) is 5.75 Å². The second kappa shape index (κ2) is 8.53. The molecule has 3 rings (SSSR count). The molecule has 150 valence electrons. The van der Waals surface area contributed by atoms with Crippen molar-refractivity contribution >= 4 is 28.8 Å². The van der Waals surface area contributed by atoms with Crippen LogP contribution in [0.1, 0.15) is 5.56 Å². The van der Waals surface area contributed by atoms with E-state index in [1.165, 1.54) is 38.5 Å². The van der Waals surface area contributed by atoms with Crippen LogP contribution in [-0.4, -0.2) is 49.0 Å². The van der Waals surface area contributed by atoms with E-state index in [-0.39, 0.29) is 30.1 Å². The quantitative estimate of drug-likeness (QED) is 0.414. The third-order valence-electron chi connectivity index (χ3n) is 4.42. The fraction of sp³-hybridized carbons (Fsp3) is 0.200. The third-order valence-corrected chi connectivity index (χ3v) is 4.42. The molecular formula is C20H19N3O6. The van der Waals surface area contributed by atoms with Crippen molar-refractivity contribution in [3.8, 4) is 5.75 Å². The summed E-state index contributed by atoms with van der Waals surface area (Å²) in [6.07, 6.45) is 0. The predicted octanol–water partition coefficient (Wildman–Crippen LogP) is 2.44. The number of nitrogens with one attached hydrogen (secondary N) is 1. The second-order valence-electron chi connectivity index (χ2n) is 6.13. The number of nitrogens with zero attached hydrogens (tertiary/aromatic N) is 2. The molecule has 9 nitrogen and oxygen atoms in total. The van der Waals surface area contributed by atoms with Gasteiger partial charge >= 0.3 is 0 Å². The number of carbonyl (C=O) groups is 2. The van der Waals surface area contributed by atoms with Crippen molar-refractivity contribution < 1.29 is 24.0 Å². The summed E-state index contributed by atoms with van der Waals surface area (Å²) < 4.78 is 10.3. The Morgan fingerprint density at radius 2 is 1.72 bits per heavy atom. The zero-order valence-electron chi connectivity index (χ0n) is 15.9. The standard InChI is InChI=1S/C20H19N3O6/c1-28-12-11-22-19(24)17(13-7-9-14(10-8-13)23(26)27)18(20(22)25)21-15-5-3-4-6-16(15)29-2/h3-10,21H,11-12H2,1-2H3. The first-order valence-corrected chi connectivity index (χ1v) is 8.72. The van der Waals surface area contributed by atoms with Crippen LogP contribution in [-0.2, 0) is 14.3 Å². The maximum absolute atomic E-state index is 13.0. The minimum atomic E-state index is -0.529. The normalized spacial score (nSPS) is 13.8. The Bertz CT molecular complexity index is 984. The van der Waals surface area contributed by atoms with E-state index in [4.69, 9.17) is 9.47 Å². The molecular weight excluding hydrogens is 378 g/mol. The number of nitro benzene ring substituents is 1. The topological polar surface area (TPSA) is 111 Å². The van der Waals surface area contributed by atoms with Crippen molar-refractivity contribution in [1.82, 2.24) is 4.90 Å². The van der Waals surface area contributed by atoms with Crippen LogP contribution in [0.4, 0.5) is 11.4 Å². The summed E-state index contributed by atoms with van der Waals surface area (Å²) in [5.74, 6) is -0.511. The van der Waals surface area contributed by atoms with Gasteiger partial charge in [-0.05, 0) is 29.8 Å². The van der Waals surface area contributed by atoms with Gasteiger partial charge in [0, 0.05) is 19.2 Å². The lowest BCUT2D eigenvalue weighted by atomic mass is 10.0. The molecule has 29 heavy (non-hydrogen) atoms. The van der Waals surface area contributed by atoms with Gasteiger partial charge in [-0.1, -0.05) is 12.1 Å². The molecule has 1 heterocycles. The average Bonchev–Trinajstić information content (AvgIpc) is 2.96. The Hall–Kier alpha value is -3.72. The first-order chi connectivity index (χ1) is 14.0. The molecule has 0 bridgehead atoms. The smallest absolute Gasteiger partial charge is 0.278 e. The Balaban J connectivity index is 2.06. The van der Waals surface area contributed by atoms with Crippen LogP contribution in [0.25, 0.3) is 5.57 Å². The summed E-state index contributed by atoms with van der Waals surface area (Å²) in [4.78, 5) is 37.4. The van der Waals surface area contributed by atoms with Crippen molar-refractivity contribution in [3.05, 3.63) is 69.9 Å². The molecule has 0 spiro atoms. The number of methoxy groups -OCH3 is 2. The molecule has 1 aliphatic rings.